The molecule has 0 radical (unpaired) electrons. The number of carbonyl (C=O) groups is 1. The molecule has 0 saturated heterocycles. The Bertz CT molecular complexity index is 763. The fourth-order valence-corrected chi connectivity index (χ4v) is 3.94. The lowest BCUT2D eigenvalue weighted by Crippen LogP contribution is -2.14. The Kier molecular flexibility index (Phi) is 5.04. The summed E-state index contributed by atoms with van der Waals surface area (Å²) < 4.78 is 39.8. The maximum atomic E-state index is 12.4. The normalized spacial score (nSPS) is 11.0. The molecule has 0 fully saturated rings. The zero-order valence-electron chi connectivity index (χ0n) is 11.9. The van der Waals surface area contributed by atoms with Crippen molar-refractivity contribution in [2.24, 2.45) is 0 Å². The van der Waals surface area contributed by atoms with Crippen molar-refractivity contribution in [2.75, 3.05) is 13.7 Å². The molecule has 0 bridgehead atoms. The molecule has 2 aromatic rings. The van der Waals surface area contributed by atoms with Crippen LogP contribution in [0.1, 0.15) is 16.6 Å². The average Bonchev–Trinajstić information content (AvgIpc) is 2.99. The van der Waals surface area contributed by atoms with Gasteiger partial charge in [-0.1, -0.05) is 12.1 Å². The number of ether oxygens (including phenoxy) is 2. The molecule has 0 aliphatic heterocycles. The van der Waals surface area contributed by atoms with E-state index in [4.69, 9.17) is 8.92 Å². The minimum atomic E-state index is -4.17. The summed E-state index contributed by atoms with van der Waals surface area (Å²) in [6, 6.07) is 7.71. The fraction of sp³-hybridized carbons (Fsp3) is 0.214. The molecule has 8 heteroatoms. The van der Waals surface area contributed by atoms with E-state index >= 15 is 0 Å². The Morgan fingerprint density at radius 3 is 2.50 bits per heavy atom. The third kappa shape index (κ3) is 3.40. The number of carbonyl (C=O) groups excluding carboxylic acids is 1. The van der Waals surface area contributed by atoms with Crippen molar-refractivity contribution >= 4 is 27.4 Å². The summed E-state index contributed by atoms with van der Waals surface area (Å²) in [5, 5.41) is 1.48. The smallest absolute Gasteiger partial charge is 0.349 e. The first-order chi connectivity index (χ1) is 10.5. The first kappa shape index (κ1) is 16.3. The van der Waals surface area contributed by atoms with Crippen LogP contribution in [0, 0.1) is 0 Å². The van der Waals surface area contributed by atoms with Crippen molar-refractivity contribution in [1.29, 1.82) is 0 Å². The van der Waals surface area contributed by atoms with Gasteiger partial charge in [0.2, 0.25) is 0 Å². The summed E-state index contributed by atoms with van der Waals surface area (Å²) in [5.74, 6) is -0.356. The van der Waals surface area contributed by atoms with E-state index in [9.17, 15) is 13.2 Å². The number of para-hydroxylation sites is 2. The van der Waals surface area contributed by atoms with E-state index in [-0.39, 0.29) is 15.5 Å². The second-order valence-corrected chi connectivity index (χ2v) is 6.45. The van der Waals surface area contributed by atoms with Gasteiger partial charge in [-0.2, -0.15) is 8.42 Å². The van der Waals surface area contributed by atoms with E-state index in [0.29, 0.717) is 12.4 Å². The Labute approximate surface area is 132 Å². The molecule has 0 N–H and O–H groups in total. The van der Waals surface area contributed by atoms with Gasteiger partial charge in [0.05, 0.1) is 13.7 Å². The number of thiophene rings is 1. The number of rotatable bonds is 6. The predicted molar refractivity (Wildman–Crippen MR) is 81.1 cm³/mol. The highest BCUT2D eigenvalue weighted by Crippen LogP contribution is 2.31. The van der Waals surface area contributed by atoms with Gasteiger partial charge in [-0.3, -0.25) is 0 Å². The lowest BCUT2D eigenvalue weighted by Gasteiger charge is -2.11. The molecule has 0 aliphatic rings. The van der Waals surface area contributed by atoms with Crippen molar-refractivity contribution in [3.05, 3.63) is 40.6 Å². The molecule has 0 saturated carbocycles. The zero-order chi connectivity index (χ0) is 16.2. The van der Waals surface area contributed by atoms with E-state index < -0.39 is 16.1 Å². The van der Waals surface area contributed by atoms with Gasteiger partial charge in [0.1, 0.15) is 9.77 Å². The summed E-state index contributed by atoms with van der Waals surface area (Å²) in [7, 11) is -2.98. The number of hydrogen-bond donors (Lipinski definition) is 0. The van der Waals surface area contributed by atoms with Gasteiger partial charge in [0.15, 0.2) is 11.5 Å². The van der Waals surface area contributed by atoms with Gasteiger partial charge in [-0.25, -0.2) is 4.79 Å². The van der Waals surface area contributed by atoms with Crippen LogP contribution in [0.2, 0.25) is 0 Å². The number of esters is 1. The predicted octanol–water partition coefficient (Wildman–Crippen LogP) is 2.70. The molecule has 0 aliphatic carbocycles. The Morgan fingerprint density at radius 1 is 1.18 bits per heavy atom. The van der Waals surface area contributed by atoms with E-state index in [2.05, 4.69) is 4.74 Å². The second kappa shape index (κ2) is 6.80. The molecule has 118 valence electrons. The third-order valence-corrected chi connectivity index (χ3v) is 4.92. The van der Waals surface area contributed by atoms with Gasteiger partial charge < -0.3 is 13.7 Å². The molecule has 1 aromatic carbocycles. The number of methoxy groups -OCH3 is 1. The maximum absolute atomic E-state index is 12.4. The molecular weight excluding hydrogens is 328 g/mol. The topological polar surface area (TPSA) is 78.9 Å². The highest BCUT2D eigenvalue weighted by molar-refractivity contribution is 7.87. The van der Waals surface area contributed by atoms with Crippen LogP contribution < -0.4 is 8.92 Å². The molecule has 0 spiro atoms. The summed E-state index contributed by atoms with van der Waals surface area (Å²) in [5.41, 5.74) is 0. The Morgan fingerprint density at radius 2 is 1.86 bits per heavy atom. The van der Waals surface area contributed by atoms with Gasteiger partial charge in [0.25, 0.3) is 0 Å². The van der Waals surface area contributed by atoms with Crippen LogP contribution in [0.4, 0.5) is 0 Å². The highest BCUT2D eigenvalue weighted by Gasteiger charge is 2.27. The monoisotopic (exact) mass is 342 g/mol. The SMILES string of the molecule is CCOc1ccccc1OS(=O)(=O)c1ccsc1C(=O)OC. The van der Waals surface area contributed by atoms with Crippen LogP contribution in [-0.4, -0.2) is 28.1 Å². The van der Waals surface area contributed by atoms with Crippen LogP contribution in [0.15, 0.2) is 40.6 Å². The van der Waals surface area contributed by atoms with E-state index in [1.54, 1.807) is 25.1 Å². The highest BCUT2D eigenvalue weighted by atomic mass is 32.2. The van der Waals surface area contributed by atoms with Crippen LogP contribution in [-0.2, 0) is 14.9 Å². The molecule has 0 atom stereocenters. The zero-order valence-corrected chi connectivity index (χ0v) is 13.6. The van der Waals surface area contributed by atoms with Gasteiger partial charge in [-0.15, -0.1) is 11.3 Å². The lowest BCUT2D eigenvalue weighted by atomic mass is 10.3. The van der Waals surface area contributed by atoms with Crippen molar-refractivity contribution in [3.63, 3.8) is 0 Å². The van der Waals surface area contributed by atoms with E-state index in [1.807, 2.05) is 0 Å². The molecule has 2 rings (SSSR count). The Balaban J connectivity index is 2.37. The van der Waals surface area contributed by atoms with Gasteiger partial charge in [0, 0.05) is 0 Å². The number of benzene rings is 1. The van der Waals surface area contributed by atoms with Crippen LogP contribution >= 0.6 is 11.3 Å². The summed E-state index contributed by atoms with van der Waals surface area (Å²) in [6.07, 6.45) is 0. The van der Waals surface area contributed by atoms with Gasteiger partial charge in [-0.05, 0) is 30.5 Å². The van der Waals surface area contributed by atoms with Crippen LogP contribution in [0.3, 0.4) is 0 Å². The minimum absolute atomic E-state index is 0.0311. The second-order valence-electron chi connectivity index (χ2n) is 4.02. The molecule has 1 aromatic heterocycles. The van der Waals surface area contributed by atoms with Gasteiger partial charge >= 0.3 is 16.1 Å². The number of hydrogen-bond acceptors (Lipinski definition) is 7. The van der Waals surface area contributed by atoms with Crippen molar-refractivity contribution in [2.45, 2.75) is 11.8 Å². The van der Waals surface area contributed by atoms with Crippen molar-refractivity contribution < 1.29 is 26.9 Å². The summed E-state index contributed by atoms with van der Waals surface area (Å²) in [6.45, 7) is 2.14. The third-order valence-electron chi connectivity index (χ3n) is 2.62. The van der Waals surface area contributed by atoms with Crippen molar-refractivity contribution in [1.82, 2.24) is 0 Å². The minimum Gasteiger partial charge on any atom is -0.490 e. The summed E-state index contributed by atoms with van der Waals surface area (Å²) in [4.78, 5) is 11.4. The van der Waals surface area contributed by atoms with E-state index in [0.717, 1.165) is 11.3 Å². The average molecular weight is 342 g/mol. The largest absolute Gasteiger partial charge is 0.490 e. The molecule has 1 heterocycles. The molecule has 6 nitrogen and oxygen atoms in total. The fourth-order valence-electron chi connectivity index (χ4n) is 1.69. The van der Waals surface area contributed by atoms with Crippen LogP contribution in [0.5, 0.6) is 11.5 Å². The quantitative estimate of drug-likeness (QED) is 0.593. The molecule has 0 amide bonds. The van der Waals surface area contributed by atoms with Crippen molar-refractivity contribution in [3.8, 4) is 11.5 Å². The lowest BCUT2D eigenvalue weighted by molar-refractivity contribution is 0.0602. The van der Waals surface area contributed by atoms with E-state index in [1.165, 1.54) is 24.6 Å². The molecular formula is C14H14O6S2. The maximum Gasteiger partial charge on any atom is 0.349 e. The molecule has 22 heavy (non-hydrogen) atoms. The first-order valence-electron chi connectivity index (χ1n) is 6.31. The molecule has 0 unspecified atom stereocenters. The summed E-state index contributed by atoms with van der Waals surface area (Å²) >= 11 is 0.969. The first-order valence-corrected chi connectivity index (χ1v) is 8.60. The van der Waals surface area contributed by atoms with Crippen LogP contribution in [0.25, 0.3) is 0 Å². The Hall–Kier alpha value is -2.06. The standard InChI is InChI=1S/C14H14O6S2/c1-3-19-10-6-4-5-7-11(10)20-22(16,17)12-8-9-21-13(12)14(15)18-2/h4-9H,3H2,1-2H3.